The molecule has 0 bridgehead atoms. The predicted molar refractivity (Wildman–Crippen MR) is 74.4 cm³/mol. The van der Waals surface area contributed by atoms with Gasteiger partial charge in [-0.2, -0.15) is 0 Å². The molecule has 0 aliphatic carbocycles. The van der Waals surface area contributed by atoms with Gasteiger partial charge in [-0.3, -0.25) is 4.79 Å². The van der Waals surface area contributed by atoms with Crippen molar-refractivity contribution in [3.8, 4) is 5.75 Å². The summed E-state index contributed by atoms with van der Waals surface area (Å²) in [7, 11) is 0. The molecule has 2 aromatic carbocycles. The molecule has 1 atom stereocenters. The summed E-state index contributed by atoms with van der Waals surface area (Å²) in [4.78, 5) is 12.1. The maximum Gasteiger partial charge on any atom is 0.265 e. The van der Waals surface area contributed by atoms with Crippen molar-refractivity contribution in [1.29, 1.82) is 0 Å². The Labute approximate surface area is 112 Å². The molecule has 0 unspecified atom stereocenters. The van der Waals surface area contributed by atoms with Crippen molar-refractivity contribution in [3.05, 3.63) is 59.7 Å². The van der Waals surface area contributed by atoms with Crippen LogP contribution in [0, 0.1) is 6.92 Å². The normalized spacial score (nSPS) is 16.6. The molecule has 3 heteroatoms. The van der Waals surface area contributed by atoms with Gasteiger partial charge in [-0.05, 0) is 30.7 Å². The highest BCUT2D eigenvalue weighted by atomic mass is 16.5. The van der Waals surface area contributed by atoms with Crippen LogP contribution >= 0.6 is 0 Å². The van der Waals surface area contributed by atoms with Gasteiger partial charge in [0.15, 0.2) is 6.10 Å². The molecule has 0 spiro atoms. The van der Waals surface area contributed by atoms with Crippen LogP contribution in [-0.2, 0) is 11.2 Å². The summed E-state index contributed by atoms with van der Waals surface area (Å²) >= 11 is 0. The van der Waals surface area contributed by atoms with Crippen molar-refractivity contribution < 1.29 is 9.53 Å². The number of benzene rings is 2. The molecular formula is C16H15NO2. The number of para-hydroxylation sites is 1. The molecule has 0 saturated heterocycles. The number of anilines is 1. The average molecular weight is 253 g/mol. The summed E-state index contributed by atoms with van der Waals surface area (Å²) in [5, 5.41) is 2.88. The largest absolute Gasteiger partial charge is 0.480 e. The summed E-state index contributed by atoms with van der Waals surface area (Å²) < 4.78 is 5.65. The SMILES string of the molecule is Cc1ccc(NC(=O)[C@H]2Cc3ccccc3O2)cc1. The first kappa shape index (κ1) is 11.8. The number of hydrogen-bond donors (Lipinski definition) is 1. The van der Waals surface area contributed by atoms with E-state index in [9.17, 15) is 4.79 Å². The summed E-state index contributed by atoms with van der Waals surface area (Å²) in [6, 6.07) is 15.5. The second-order valence-corrected chi connectivity index (χ2v) is 4.77. The minimum atomic E-state index is -0.432. The van der Waals surface area contributed by atoms with Crippen molar-refractivity contribution in [2.45, 2.75) is 19.4 Å². The van der Waals surface area contributed by atoms with Crippen LogP contribution in [0.4, 0.5) is 5.69 Å². The number of ether oxygens (including phenoxy) is 1. The Hall–Kier alpha value is -2.29. The fourth-order valence-corrected chi connectivity index (χ4v) is 2.19. The lowest BCUT2D eigenvalue weighted by Gasteiger charge is -2.11. The van der Waals surface area contributed by atoms with Crippen molar-refractivity contribution in [3.63, 3.8) is 0 Å². The van der Waals surface area contributed by atoms with Gasteiger partial charge < -0.3 is 10.1 Å². The second-order valence-electron chi connectivity index (χ2n) is 4.77. The molecule has 19 heavy (non-hydrogen) atoms. The quantitative estimate of drug-likeness (QED) is 0.893. The smallest absolute Gasteiger partial charge is 0.265 e. The van der Waals surface area contributed by atoms with Gasteiger partial charge in [0.2, 0.25) is 0 Å². The molecule has 1 amide bonds. The maximum atomic E-state index is 12.1. The predicted octanol–water partition coefficient (Wildman–Crippen LogP) is 2.94. The summed E-state index contributed by atoms with van der Waals surface area (Å²) in [5.74, 6) is 0.714. The highest BCUT2D eigenvalue weighted by Crippen LogP contribution is 2.28. The molecule has 0 saturated carbocycles. The molecule has 1 heterocycles. The third kappa shape index (κ3) is 2.45. The lowest BCUT2D eigenvalue weighted by molar-refractivity contribution is -0.122. The number of amides is 1. The zero-order valence-electron chi connectivity index (χ0n) is 10.7. The van der Waals surface area contributed by atoms with Crippen LogP contribution in [0.2, 0.25) is 0 Å². The van der Waals surface area contributed by atoms with E-state index in [4.69, 9.17) is 4.74 Å². The van der Waals surface area contributed by atoms with Crippen LogP contribution in [0.25, 0.3) is 0 Å². The number of nitrogens with one attached hydrogen (secondary N) is 1. The maximum absolute atomic E-state index is 12.1. The Morgan fingerprint density at radius 3 is 2.63 bits per heavy atom. The molecule has 3 rings (SSSR count). The molecular weight excluding hydrogens is 238 g/mol. The lowest BCUT2D eigenvalue weighted by Crippen LogP contribution is -2.31. The molecule has 96 valence electrons. The first-order valence-electron chi connectivity index (χ1n) is 6.34. The van der Waals surface area contributed by atoms with Crippen LogP contribution in [0.3, 0.4) is 0 Å². The number of fused-ring (bicyclic) bond motifs is 1. The minimum Gasteiger partial charge on any atom is -0.480 e. The summed E-state index contributed by atoms with van der Waals surface area (Å²) in [5.41, 5.74) is 3.06. The number of hydrogen-bond acceptors (Lipinski definition) is 2. The van der Waals surface area contributed by atoms with E-state index in [1.807, 2.05) is 55.5 Å². The first-order chi connectivity index (χ1) is 9.22. The number of carbonyl (C=O) groups is 1. The number of carbonyl (C=O) groups excluding carboxylic acids is 1. The monoisotopic (exact) mass is 253 g/mol. The van der Waals surface area contributed by atoms with Gasteiger partial charge in [0.25, 0.3) is 5.91 Å². The van der Waals surface area contributed by atoms with E-state index < -0.39 is 6.10 Å². The molecule has 1 aliphatic rings. The van der Waals surface area contributed by atoms with Gasteiger partial charge in [0, 0.05) is 12.1 Å². The highest BCUT2D eigenvalue weighted by molar-refractivity contribution is 5.95. The fraction of sp³-hybridized carbons (Fsp3) is 0.188. The summed E-state index contributed by atoms with van der Waals surface area (Å²) in [6.45, 7) is 2.02. The van der Waals surface area contributed by atoms with Gasteiger partial charge in [-0.25, -0.2) is 0 Å². The Balaban J connectivity index is 1.68. The third-order valence-electron chi connectivity index (χ3n) is 3.26. The van der Waals surface area contributed by atoms with E-state index in [2.05, 4.69) is 5.32 Å². The topological polar surface area (TPSA) is 38.3 Å². The lowest BCUT2D eigenvalue weighted by atomic mass is 10.1. The van der Waals surface area contributed by atoms with Crippen molar-refractivity contribution in [2.24, 2.45) is 0 Å². The van der Waals surface area contributed by atoms with E-state index in [1.165, 1.54) is 5.56 Å². The second kappa shape index (κ2) is 4.76. The van der Waals surface area contributed by atoms with E-state index in [1.54, 1.807) is 0 Å². The van der Waals surface area contributed by atoms with Gasteiger partial charge >= 0.3 is 0 Å². The molecule has 0 aromatic heterocycles. The van der Waals surface area contributed by atoms with E-state index in [0.717, 1.165) is 17.0 Å². The van der Waals surface area contributed by atoms with E-state index >= 15 is 0 Å². The standard InChI is InChI=1S/C16H15NO2/c1-11-6-8-13(9-7-11)17-16(18)15-10-12-4-2-3-5-14(12)19-15/h2-9,15H,10H2,1H3,(H,17,18)/t15-/m1/s1. The molecule has 0 radical (unpaired) electrons. The Bertz CT molecular complexity index is 579. The Morgan fingerprint density at radius 2 is 1.89 bits per heavy atom. The van der Waals surface area contributed by atoms with Crippen molar-refractivity contribution in [2.75, 3.05) is 5.32 Å². The highest BCUT2D eigenvalue weighted by Gasteiger charge is 2.28. The van der Waals surface area contributed by atoms with E-state index in [-0.39, 0.29) is 5.91 Å². The number of aryl methyl sites for hydroxylation is 1. The van der Waals surface area contributed by atoms with Gasteiger partial charge in [-0.1, -0.05) is 35.9 Å². The van der Waals surface area contributed by atoms with Gasteiger partial charge in [-0.15, -0.1) is 0 Å². The summed E-state index contributed by atoms with van der Waals surface area (Å²) in [6.07, 6.45) is 0.201. The van der Waals surface area contributed by atoms with Crippen LogP contribution in [0.5, 0.6) is 5.75 Å². The molecule has 1 aliphatic heterocycles. The first-order valence-corrected chi connectivity index (χ1v) is 6.34. The average Bonchev–Trinajstić information content (AvgIpc) is 2.85. The van der Waals surface area contributed by atoms with Crippen molar-refractivity contribution >= 4 is 11.6 Å². The zero-order valence-corrected chi connectivity index (χ0v) is 10.7. The van der Waals surface area contributed by atoms with Crippen molar-refractivity contribution in [1.82, 2.24) is 0 Å². The van der Waals surface area contributed by atoms with Gasteiger partial charge in [0.05, 0.1) is 0 Å². The fourth-order valence-electron chi connectivity index (χ4n) is 2.19. The van der Waals surface area contributed by atoms with Crippen LogP contribution in [0.15, 0.2) is 48.5 Å². The Morgan fingerprint density at radius 1 is 1.16 bits per heavy atom. The van der Waals surface area contributed by atoms with Crippen LogP contribution in [0.1, 0.15) is 11.1 Å². The van der Waals surface area contributed by atoms with Gasteiger partial charge in [0.1, 0.15) is 5.75 Å². The molecule has 2 aromatic rings. The Kier molecular flexibility index (Phi) is 2.95. The third-order valence-corrected chi connectivity index (χ3v) is 3.26. The van der Waals surface area contributed by atoms with Crippen LogP contribution in [-0.4, -0.2) is 12.0 Å². The molecule has 1 N–H and O–H groups in total. The minimum absolute atomic E-state index is 0.0972. The van der Waals surface area contributed by atoms with Crippen LogP contribution < -0.4 is 10.1 Å². The van der Waals surface area contributed by atoms with E-state index in [0.29, 0.717) is 6.42 Å². The molecule has 3 nitrogen and oxygen atoms in total. The zero-order chi connectivity index (χ0) is 13.2. The molecule has 0 fully saturated rings. The number of rotatable bonds is 2.